The molecule has 112 valence electrons. The number of benzene rings is 1. The van der Waals surface area contributed by atoms with Gasteiger partial charge in [-0.25, -0.2) is 8.42 Å². The second kappa shape index (κ2) is 5.71. The van der Waals surface area contributed by atoms with Crippen molar-refractivity contribution in [2.75, 3.05) is 25.9 Å². The Labute approximate surface area is 123 Å². The smallest absolute Gasteiger partial charge is 0.310 e. The van der Waals surface area contributed by atoms with Crippen molar-refractivity contribution in [3.05, 3.63) is 23.8 Å². The number of anilines is 1. The molecular weight excluding hydrogens is 294 g/mol. The lowest BCUT2D eigenvalue weighted by Gasteiger charge is -2.17. The predicted molar refractivity (Wildman–Crippen MR) is 74.5 cm³/mol. The number of rotatable bonds is 3. The Morgan fingerprint density at radius 3 is 2.81 bits per heavy atom. The number of sulfonamides is 1. The van der Waals surface area contributed by atoms with E-state index in [-0.39, 0.29) is 23.7 Å². The quantitative estimate of drug-likeness (QED) is 0.635. The summed E-state index contributed by atoms with van der Waals surface area (Å²) < 4.78 is 30.9. The van der Waals surface area contributed by atoms with Gasteiger partial charge in [-0.3, -0.25) is 4.79 Å². The Bertz CT molecular complexity index is 709. The highest BCUT2D eigenvalue weighted by Gasteiger charge is 2.37. The van der Waals surface area contributed by atoms with Crippen molar-refractivity contribution < 1.29 is 17.9 Å². The minimum atomic E-state index is -3.78. The first-order valence-electron chi connectivity index (χ1n) is 6.27. The molecule has 1 atom stereocenters. The summed E-state index contributed by atoms with van der Waals surface area (Å²) in [5, 5.41) is 8.77. The maximum absolute atomic E-state index is 12.5. The summed E-state index contributed by atoms with van der Waals surface area (Å²) in [5.41, 5.74) is 6.04. The minimum Gasteiger partial charge on any atom is -0.469 e. The van der Waals surface area contributed by atoms with Crippen LogP contribution in [0.3, 0.4) is 0 Å². The van der Waals surface area contributed by atoms with E-state index in [1.807, 2.05) is 6.07 Å². The number of hydrogen-bond acceptors (Lipinski definition) is 6. The molecule has 1 aromatic rings. The second-order valence-corrected chi connectivity index (χ2v) is 6.64. The molecule has 21 heavy (non-hydrogen) atoms. The van der Waals surface area contributed by atoms with Crippen LogP contribution in [0.4, 0.5) is 5.69 Å². The summed E-state index contributed by atoms with van der Waals surface area (Å²) in [4.78, 5) is 11.4. The first-order chi connectivity index (χ1) is 9.90. The van der Waals surface area contributed by atoms with Crippen molar-refractivity contribution in [3.63, 3.8) is 0 Å². The molecule has 1 unspecified atom stereocenters. The molecule has 8 heteroatoms. The van der Waals surface area contributed by atoms with Gasteiger partial charge in [0.2, 0.25) is 10.0 Å². The Morgan fingerprint density at radius 2 is 2.24 bits per heavy atom. The largest absolute Gasteiger partial charge is 0.469 e. The molecular formula is C13H15N3O4S. The van der Waals surface area contributed by atoms with Crippen LogP contribution in [0.2, 0.25) is 0 Å². The Morgan fingerprint density at radius 1 is 1.52 bits per heavy atom. The van der Waals surface area contributed by atoms with Crippen LogP contribution in [0.5, 0.6) is 0 Å². The molecule has 1 aromatic carbocycles. The lowest BCUT2D eigenvalue weighted by molar-refractivity contribution is -0.144. The number of nitrogen functional groups attached to an aromatic ring is 1. The third kappa shape index (κ3) is 2.84. The van der Waals surface area contributed by atoms with Gasteiger partial charge in [-0.1, -0.05) is 0 Å². The van der Waals surface area contributed by atoms with Crippen molar-refractivity contribution in [2.45, 2.75) is 11.3 Å². The monoisotopic (exact) mass is 309 g/mol. The summed E-state index contributed by atoms with van der Waals surface area (Å²) in [6.07, 6.45) is 0.419. The highest BCUT2D eigenvalue weighted by atomic mass is 32.2. The summed E-state index contributed by atoms with van der Waals surface area (Å²) in [6, 6.07) is 5.93. The topological polar surface area (TPSA) is 113 Å². The molecule has 0 spiro atoms. The number of carbonyl (C=O) groups is 1. The summed E-state index contributed by atoms with van der Waals surface area (Å²) in [7, 11) is -2.50. The van der Waals surface area contributed by atoms with Crippen molar-refractivity contribution in [2.24, 2.45) is 5.92 Å². The fraction of sp³-hybridized carbons (Fsp3) is 0.385. The van der Waals surface area contributed by atoms with E-state index in [4.69, 9.17) is 11.0 Å². The highest BCUT2D eigenvalue weighted by molar-refractivity contribution is 7.89. The third-order valence-electron chi connectivity index (χ3n) is 3.44. The number of nitrogens with two attached hydrogens (primary N) is 1. The second-order valence-electron chi connectivity index (χ2n) is 4.74. The zero-order chi connectivity index (χ0) is 15.6. The first kappa shape index (κ1) is 15.3. The maximum atomic E-state index is 12.5. The third-order valence-corrected chi connectivity index (χ3v) is 5.38. The molecule has 0 amide bonds. The molecule has 0 aliphatic carbocycles. The molecule has 7 nitrogen and oxygen atoms in total. The Kier molecular flexibility index (Phi) is 4.16. The Balaban J connectivity index is 2.28. The van der Waals surface area contributed by atoms with Gasteiger partial charge in [-0.15, -0.1) is 0 Å². The lowest BCUT2D eigenvalue weighted by atomic mass is 10.1. The number of carbonyl (C=O) groups excluding carboxylic acids is 1. The van der Waals surface area contributed by atoms with Gasteiger partial charge in [0.1, 0.15) is 4.90 Å². The van der Waals surface area contributed by atoms with E-state index >= 15 is 0 Å². The molecule has 1 fully saturated rings. The molecule has 2 N–H and O–H groups in total. The molecule has 2 rings (SSSR count). The van der Waals surface area contributed by atoms with Crippen molar-refractivity contribution in [1.82, 2.24) is 4.31 Å². The summed E-state index contributed by atoms with van der Waals surface area (Å²) >= 11 is 0. The van der Waals surface area contributed by atoms with Crippen LogP contribution >= 0.6 is 0 Å². The van der Waals surface area contributed by atoms with E-state index in [1.54, 1.807) is 0 Å². The normalized spacial score (nSPS) is 19.1. The van der Waals surface area contributed by atoms with Gasteiger partial charge in [0.05, 0.1) is 30.3 Å². The summed E-state index contributed by atoms with van der Waals surface area (Å²) in [5.74, 6) is -0.870. The van der Waals surface area contributed by atoms with E-state index < -0.39 is 21.9 Å². The van der Waals surface area contributed by atoms with Gasteiger partial charge in [-0.2, -0.15) is 9.57 Å². The van der Waals surface area contributed by atoms with E-state index in [0.29, 0.717) is 12.0 Å². The standard InChI is InChI=1S/C13H15N3O4S/c1-20-13(17)10-4-5-16(8-10)21(18,19)12-3-2-9(7-14)6-11(12)15/h2-3,6,10H,4-5,8,15H2,1H3. The van der Waals surface area contributed by atoms with Gasteiger partial charge in [0, 0.05) is 13.1 Å². The highest BCUT2D eigenvalue weighted by Crippen LogP contribution is 2.28. The first-order valence-corrected chi connectivity index (χ1v) is 7.71. The molecule has 0 aromatic heterocycles. The SMILES string of the molecule is COC(=O)C1CCN(S(=O)(=O)c2ccc(C#N)cc2N)C1. The van der Waals surface area contributed by atoms with Gasteiger partial charge in [0.15, 0.2) is 0 Å². The molecule has 1 aliphatic rings. The number of ether oxygens (including phenoxy) is 1. The Hall–Kier alpha value is -2.11. The van der Waals surface area contributed by atoms with Crippen molar-refractivity contribution in [3.8, 4) is 6.07 Å². The predicted octanol–water partition coefficient (Wildman–Crippen LogP) is 0.324. The van der Waals surface area contributed by atoms with Gasteiger partial charge < -0.3 is 10.5 Å². The molecule has 0 radical (unpaired) electrons. The van der Waals surface area contributed by atoms with E-state index in [9.17, 15) is 13.2 Å². The van der Waals surface area contributed by atoms with Crippen LogP contribution in [0, 0.1) is 17.2 Å². The lowest BCUT2D eigenvalue weighted by Crippen LogP contribution is -2.30. The minimum absolute atomic E-state index is 0.0237. The summed E-state index contributed by atoms with van der Waals surface area (Å²) in [6.45, 7) is 0.315. The van der Waals surface area contributed by atoms with E-state index in [2.05, 4.69) is 4.74 Å². The maximum Gasteiger partial charge on any atom is 0.310 e. The van der Waals surface area contributed by atoms with Crippen LogP contribution in [0.25, 0.3) is 0 Å². The molecule has 1 heterocycles. The van der Waals surface area contributed by atoms with Crippen molar-refractivity contribution >= 4 is 21.7 Å². The number of esters is 1. The van der Waals surface area contributed by atoms with Crippen LogP contribution in [0.15, 0.2) is 23.1 Å². The molecule has 1 aliphatic heterocycles. The van der Waals surface area contributed by atoms with Crippen LogP contribution in [-0.2, 0) is 19.6 Å². The van der Waals surface area contributed by atoms with Crippen LogP contribution < -0.4 is 5.73 Å². The zero-order valence-corrected chi connectivity index (χ0v) is 12.3. The van der Waals surface area contributed by atoms with Gasteiger partial charge in [0.25, 0.3) is 0 Å². The average Bonchev–Trinajstić information content (AvgIpc) is 2.96. The fourth-order valence-corrected chi connectivity index (χ4v) is 3.89. The number of nitriles is 1. The molecule has 0 saturated carbocycles. The van der Waals surface area contributed by atoms with Crippen LogP contribution in [-0.4, -0.2) is 38.9 Å². The van der Waals surface area contributed by atoms with E-state index in [1.165, 1.54) is 29.6 Å². The van der Waals surface area contributed by atoms with E-state index in [0.717, 1.165) is 0 Å². The average molecular weight is 309 g/mol. The van der Waals surface area contributed by atoms with Gasteiger partial charge >= 0.3 is 5.97 Å². The van der Waals surface area contributed by atoms with Crippen molar-refractivity contribution in [1.29, 1.82) is 5.26 Å². The number of hydrogen-bond donors (Lipinski definition) is 1. The zero-order valence-electron chi connectivity index (χ0n) is 11.4. The number of nitrogens with zero attached hydrogens (tertiary/aromatic N) is 2. The molecule has 0 bridgehead atoms. The molecule has 1 saturated heterocycles. The van der Waals surface area contributed by atoms with Crippen LogP contribution in [0.1, 0.15) is 12.0 Å². The number of methoxy groups -OCH3 is 1. The fourth-order valence-electron chi connectivity index (χ4n) is 2.30. The van der Waals surface area contributed by atoms with Gasteiger partial charge in [-0.05, 0) is 24.6 Å².